The Labute approximate surface area is 111 Å². The zero-order chi connectivity index (χ0) is 13.8. The van der Waals surface area contributed by atoms with Crippen molar-refractivity contribution in [1.82, 2.24) is 14.8 Å². The van der Waals surface area contributed by atoms with Crippen molar-refractivity contribution < 1.29 is 9.53 Å². The van der Waals surface area contributed by atoms with Gasteiger partial charge in [0.25, 0.3) is 0 Å². The molecule has 100 valence electrons. The molecular formula is C13H16N4O2. The van der Waals surface area contributed by atoms with Gasteiger partial charge in [-0.1, -0.05) is 12.1 Å². The molecule has 0 aliphatic rings. The van der Waals surface area contributed by atoms with Gasteiger partial charge in [0.1, 0.15) is 12.4 Å². The summed E-state index contributed by atoms with van der Waals surface area (Å²) in [7, 11) is 0. The van der Waals surface area contributed by atoms with Crippen LogP contribution in [0.4, 0.5) is 5.69 Å². The van der Waals surface area contributed by atoms with Gasteiger partial charge in [0, 0.05) is 11.3 Å². The van der Waals surface area contributed by atoms with Gasteiger partial charge in [-0.05, 0) is 26.0 Å². The first-order chi connectivity index (χ1) is 9.11. The van der Waals surface area contributed by atoms with E-state index in [-0.39, 0.29) is 5.97 Å². The van der Waals surface area contributed by atoms with Gasteiger partial charge in [-0.2, -0.15) is 5.10 Å². The van der Waals surface area contributed by atoms with Crippen LogP contribution in [0.3, 0.4) is 0 Å². The number of nitrogens with two attached hydrogens (primary N) is 1. The molecule has 0 radical (unpaired) electrons. The Morgan fingerprint density at radius 3 is 3.00 bits per heavy atom. The molecule has 0 fully saturated rings. The minimum atomic E-state index is -0.498. The van der Waals surface area contributed by atoms with Crippen LogP contribution < -0.4 is 5.73 Å². The molecule has 0 aliphatic carbocycles. The zero-order valence-electron chi connectivity index (χ0n) is 10.9. The van der Waals surface area contributed by atoms with Crippen LogP contribution in [0, 0.1) is 0 Å². The average Bonchev–Trinajstić information content (AvgIpc) is 2.87. The molecule has 0 aliphatic heterocycles. The van der Waals surface area contributed by atoms with Gasteiger partial charge in [-0.25, -0.2) is 14.5 Å². The van der Waals surface area contributed by atoms with E-state index in [4.69, 9.17) is 10.5 Å². The molecule has 1 atom stereocenters. The number of hydrogen-bond donors (Lipinski definition) is 1. The quantitative estimate of drug-likeness (QED) is 0.667. The van der Waals surface area contributed by atoms with E-state index in [2.05, 4.69) is 10.1 Å². The lowest BCUT2D eigenvalue weighted by Crippen LogP contribution is -2.19. The zero-order valence-corrected chi connectivity index (χ0v) is 10.9. The largest absolute Gasteiger partial charge is 0.464 e. The van der Waals surface area contributed by atoms with E-state index >= 15 is 0 Å². The van der Waals surface area contributed by atoms with Crippen molar-refractivity contribution in [3.05, 3.63) is 30.6 Å². The molecule has 2 N–H and O–H groups in total. The Kier molecular flexibility index (Phi) is 3.79. The fourth-order valence-corrected chi connectivity index (χ4v) is 1.64. The van der Waals surface area contributed by atoms with Crippen molar-refractivity contribution in [2.75, 3.05) is 12.3 Å². The Morgan fingerprint density at radius 2 is 2.32 bits per heavy atom. The van der Waals surface area contributed by atoms with Crippen molar-refractivity contribution in [2.24, 2.45) is 0 Å². The van der Waals surface area contributed by atoms with Crippen LogP contribution in [0.15, 0.2) is 30.6 Å². The lowest BCUT2D eigenvalue weighted by molar-refractivity contribution is -0.146. The fourth-order valence-electron chi connectivity index (χ4n) is 1.64. The topological polar surface area (TPSA) is 83.0 Å². The van der Waals surface area contributed by atoms with Crippen LogP contribution in [0.5, 0.6) is 0 Å². The second kappa shape index (κ2) is 5.51. The third-order valence-electron chi connectivity index (χ3n) is 2.68. The number of ether oxygens (including phenoxy) is 1. The minimum Gasteiger partial charge on any atom is -0.464 e. The van der Waals surface area contributed by atoms with E-state index in [0.29, 0.717) is 18.1 Å². The van der Waals surface area contributed by atoms with E-state index in [9.17, 15) is 4.79 Å². The molecular weight excluding hydrogens is 244 g/mol. The van der Waals surface area contributed by atoms with Gasteiger partial charge in [0.05, 0.1) is 6.61 Å². The number of esters is 1. The Balaban J connectivity index is 2.21. The van der Waals surface area contributed by atoms with Crippen molar-refractivity contribution >= 4 is 11.7 Å². The van der Waals surface area contributed by atoms with Crippen molar-refractivity contribution in [3.8, 4) is 11.4 Å². The standard InChI is InChI=1S/C13H16N4O2/c1-3-19-13(18)9(2)17-8-15-12(16-17)10-5-4-6-11(14)7-10/h4-9H,3,14H2,1-2H3. The molecule has 6 heteroatoms. The van der Waals surface area contributed by atoms with Gasteiger partial charge in [0.2, 0.25) is 0 Å². The third-order valence-corrected chi connectivity index (χ3v) is 2.68. The number of aromatic nitrogens is 3. The third kappa shape index (κ3) is 2.90. The highest BCUT2D eigenvalue weighted by atomic mass is 16.5. The van der Waals surface area contributed by atoms with Gasteiger partial charge in [0.15, 0.2) is 5.82 Å². The summed E-state index contributed by atoms with van der Waals surface area (Å²) in [4.78, 5) is 15.8. The Bertz CT molecular complexity index is 580. The maximum absolute atomic E-state index is 11.6. The van der Waals surface area contributed by atoms with Crippen LogP contribution in [-0.2, 0) is 9.53 Å². The van der Waals surface area contributed by atoms with Gasteiger partial charge >= 0.3 is 5.97 Å². The Morgan fingerprint density at radius 1 is 1.53 bits per heavy atom. The van der Waals surface area contributed by atoms with Crippen LogP contribution in [0.1, 0.15) is 19.9 Å². The molecule has 0 bridgehead atoms. The molecule has 1 unspecified atom stereocenters. The maximum Gasteiger partial charge on any atom is 0.330 e. The highest BCUT2D eigenvalue weighted by molar-refractivity contribution is 5.73. The number of anilines is 1. The SMILES string of the molecule is CCOC(=O)C(C)n1cnc(-c2cccc(N)c2)n1. The van der Waals surface area contributed by atoms with Crippen molar-refractivity contribution in [1.29, 1.82) is 0 Å². The number of nitrogen functional groups attached to an aromatic ring is 1. The number of hydrogen-bond acceptors (Lipinski definition) is 5. The monoisotopic (exact) mass is 260 g/mol. The number of carbonyl (C=O) groups is 1. The highest BCUT2D eigenvalue weighted by Crippen LogP contribution is 2.18. The smallest absolute Gasteiger partial charge is 0.330 e. The summed E-state index contributed by atoms with van der Waals surface area (Å²) in [5.41, 5.74) is 7.17. The van der Waals surface area contributed by atoms with Crippen molar-refractivity contribution in [3.63, 3.8) is 0 Å². The lowest BCUT2D eigenvalue weighted by atomic mass is 10.2. The second-order valence-electron chi connectivity index (χ2n) is 4.10. The molecule has 1 aromatic carbocycles. The molecule has 0 spiro atoms. The fraction of sp³-hybridized carbons (Fsp3) is 0.308. The van der Waals surface area contributed by atoms with Crippen molar-refractivity contribution in [2.45, 2.75) is 19.9 Å². The summed E-state index contributed by atoms with van der Waals surface area (Å²) in [6, 6.07) is 6.78. The molecule has 1 aromatic heterocycles. The van der Waals surface area contributed by atoms with E-state index in [0.717, 1.165) is 5.56 Å². The van der Waals surface area contributed by atoms with Crippen LogP contribution in [0.25, 0.3) is 11.4 Å². The van der Waals surface area contributed by atoms with Crippen LogP contribution >= 0.6 is 0 Å². The maximum atomic E-state index is 11.6. The summed E-state index contributed by atoms with van der Waals surface area (Å²) in [5.74, 6) is 0.204. The van der Waals surface area contributed by atoms with Gasteiger partial charge < -0.3 is 10.5 Å². The lowest BCUT2D eigenvalue weighted by Gasteiger charge is -2.09. The highest BCUT2D eigenvalue weighted by Gasteiger charge is 2.18. The first-order valence-corrected chi connectivity index (χ1v) is 6.05. The minimum absolute atomic E-state index is 0.327. The molecule has 1 heterocycles. The number of nitrogens with zero attached hydrogens (tertiary/aromatic N) is 3. The van der Waals surface area contributed by atoms with E-state index in [1.165, 1.54) is 11.0 Å². The van der Waals surface area contributed by atoms with E-state index in [1.54, 1.807) is 26.0 Å². The summed E-state index contributed by atoms with van der Waals surface area (Å²) < 4.78 is 6.43. The first-order valence-electron chi connectivity index (χ1n) is 6.05. The van der Waals surface area contributed by atoms with Crippen LogP contribution in [-0.4, -0.2) is 27.3 Å². The second-order valence-corrected chi connectivity index (χ2v) is 4.10. The predicted octanol–water partition coefficient (Wildman–Crippen LogP) is 1.65. The number of rotatable bonds is 4. The Hall–Kier alpha value is -2.37. The van der Waals surface area contributed by atoms with Gasteiger partial charge in [-0.3, -0.25) is 0 Å². The molecule has 19 heavy (non-hydrogen) atoms. The molecule has 6 nitrogen and oxygen atoms in total. The average molecular weight is 260 g/mol. The molecule has 0 saturated heterocycles. The normalized spacial score (nSPS) is 12.1. The van der Waals surface area contributed by atoms with Gasteiger partial charge in [-0.15, -0.1) is 0 Å². The number of carbonyl (C=O) groups excluding carboxylic acids is 1. The predicted molar refractivity (Wildman–Crippen MR) is 71.2 cm³/mol. The summed E-state index contributed by atoms with van der Waals surface area (Å²) in [5, 5.41) is 4.27. The first kappa shape index (κ1) is 13.1. The van der Waals surface area contributed by atoms with Crippen LogP contribution in [0.2, 0.25) is 0 Å². The number of benzene rings is 1. The molecule has 0 amide bonds. The molecule has 0 saturated carbocycles. The summed E-state index contributed by atoms with van der Waals surface area (Å²) >= 11 is 0. The molecule has 2 aromatic rings. The molecule has 2 rings (SSSR count). The van der Waals surface area contributed by atoms with E-state index in [1.807, 2.05) is 12.1 Å². The summed E-state index contributed by atoms with van der Waals surface area (Å²) in [6.45, 7) is 3.83. The van der Waals surface area contributed by atoms with E-state index < -0.39 is 6.04 Å². The summed E-state index contributed by atoms with van der Waals surface area (Å²) in [6.07, 6.45) is 1.51.